The third-order valence-electron chi connectivity index (χ3n) is 2.80. The number of rotatable bonds is 5. The Bertz CT molecular complexity index is 571. The van der Waals surface area contributed by atoms with Gasteiger partial charge in [-0.3, -0.25) is 4.99 Å². The van der Waals surface area contributed by atoms with Gasteiger partial charge in [0.05, 0.1) is 13.1 Å². The Labute approximate surface area is 128 Å². The molecule has 0 fully saturated rings. The number of hydrogen-bond acceptors (Lipinski definition) is 4. The van der Waals surface area contributed by atoms with Gasteiger partial charge in [0, 0.05) is 27.9 Å². The van der Waals surface area contributed by atoms with E-state index in [1.807, 2.05) is 17.5 Å². The van der Waals surface area contributed by atoms with E-state index in [1.54, 1.807) is 18.4 Å². The molecule has 0 amide bonds. The molecular formula is C14H20N4S2. The molecule has 0 aromatic carbocycles. The smallest absolute Gasteiger partial charge is 0.191 e. The fourth-order valence-corrected chi connectivity index (χ4v) is 3.37. The number of thiazole rings is 1. The molecule has 0 saturated carbocycles. The van der Waals surface area contributed by atoms with Gasteiger partial charge in [0.15, 0.2) is 5.96 Å². The Balaban J connectivity index is 1.80. The Hall–Kier alpha value is -1.40. The molecule has 4 nitrogen and oxygen atoms in total. The third-order valence-corrected chi connectivity index (χ3v) is 4.94. The summed E-state index contributed by atoms with van der Waals surface area (Å²) in [7, 11) is 1.79. The van der Waals surface area contributed by atoms with Crippen LogP contribution in [0.3, 0.4) is 0 Å². The molecule has 0 atom stereocenters. The highest BCUT2D eigenvalue weighted by atomic mass is 32.1. The van der Waals surface area contributed by atoms with Crippen molar-refractivity contribution in [2.75, 3.05) is 7.05 Å². The van der Waals surface area contributed by atoms with Gasteiger partial charge in [-0.05, 0) is 25.5 Å². The number of nitrogens with zero attached hydrogens (tertiary/aromatic N) is 2. The molecule has 0 aliphatic carbocycles. The molecule has 0 bridgehead atoms. The van der Waals surface area contributed by atoms with Gasteiger partial charge < -0.3 is 10.6 Å². The first-order valence-electron chi connectivity index (χ1n) is 6.64. The van der Waals surface area contributed by atoms with Crippen LogP contribution in [-0.4, -0.2) is 18.0 Å². The zero-order valence-electron chi connectivity index (χ0n) is 12.1. The van der Waals surface area contributed by atoms with E-state index in [-0.39, 0.29) is 0 Å². The summed E-state index contributed by atoms with van der Waals surface area (Å²) in [5, 5.41) is 7.69. The van der Waals surface area contributed by atoms with Gasteiger partial charge >= 0.3 is 0 Å². The molecule has 0 aliphatic rings. The average molecular weight is 308 g/mol. The van der Waals surface area contributed by atoms with Gasteiger partial charge in [-0.25, -0.2) is 4.98 Å². The maximum absolute atomic E-state index is 4.33. The van der Waals surface area contributed by atoms with Gasteiger partial charge in [-0.2, -0.15) is 0 Å². The normalized spacial score (nSPS) is 11.7. The summed E-state index contributed by atoms with van der Waals surface area (Å²) < 4.78 is 0. The number of aromatic nitrogens is 1. The highest BCUT2D eigenvalue weighted by Gasteiger charge is 2.03. The van der Waals surface area contributed by atoms with Gasteiger partial charge in [0.25, 0.3) is 0 Å². The summed E-state index contributed by atoms with van der Waals surface area (Å²) in [6, 6.07) is 4.37. The van der Waals surface area contributed by atoms with Crippen LogP contribution in [0.4, 0.5) is 0 Å². The van der Waals surface area contributed by atoms with Crippen molar-refractivity contribution in [2.24, 2.45) is 4.99 Å². The van der Waals surface area contributed by atoms with Gasteiger partial charge in [-0.1, -0.05) is 6.92 Å². The van der Waals surface area contributed by atoms with Gasteiger partial charge in [0.1, 0.15) is 5.01 Å². The van der Waals surface area contributed by atoms with Crippen LogP contribution in [0.2, 0.25) is 0 Å². The van der Waals surface area contributed by atoms with Crippen LogP contribution in [0.25, 0.3) is 0 Å². The van der Waals surface area contributed by atoms with Crippen LogP contribution >= 0.6 is 22.7 Å². The topological polar surface area (TPSA) is 49.3 Å². The summed E-state index contributed by atoms with van der Waals surface area (Å²) in [6.45, 7) is 5.76. The van der Waals surface area contributed by atoms with E-state index in [9.17, 15) is 0 Å². The molecule has 2 rings (SSSR count). The first kappa shape index (κ1) is 15.0. The van der Waals surface area contributed by atoms with Crippen molar-refractivity contribution >= 4 is 28.6 Å². The number of aliphatic imine (C=N–C) groups is 1. The molecule has 108 valence electrons. The lowest BCUT2D eigenvalue weighted by molar-refractivity contribution is 0.811. The summed E-state index contributed by atoms with van der Waals surface area (Å²) in [4.78, 5) is 12.5. The van der Waals surface area contributed by atoms with Crippen molar-refractivity contribution in [2.45, 2.75) is 33.4 Å². The Morgan fingerprint density at radius 3 is 2.55 bits per heavy atom. The SMILES string of the molecule is CCc1ccc(CNC(=NC)NCc2ncc(C)s2)s1. The minimum atomic E-state index is 0.711. The predicted molar refractivity (Wildman–Crippen MR) is 87.6 cm³/mol. The number of guanidine groups is 1. The third kappa shape index (κ3) is 4.31. The fourth-order valence-electron chi connectivity index (χ4n) is 1.74. The summed E-state index contributed by atoms with van der Waals surface area (Å²) in [5.41, 5.74) is 0. The van der Waals surface area contributed by atoms with E-state index >= 15 is 0 Å². The number of aryl methyl sites for hydroxylation is 2. The zero-order chi connectivity index (χ0) is 14.4. The highest BCUT2D eigenvalue weighted by molar-refractivity contribution is 7.12. The van der Waals surface area contributed by atoms with E-state index in [2.05, 4.69) is 46.6 Å². The molecule has 0 aliphatic heterocycles. The Kier molecular flexibility index (Phi) is 5.55. The van der Waals surface area contributed by atoms with E-state index in [1.165, 1.54) is 14.6 Å². The van der Waals surface area contributed by atoms with Crippen molar-refractivity contribution < 1.29 is 0 Å². The van der Waals surface area contributed by atoms with E-state index in [4.69, 9.17) is 0 Å². The summed E-state index contributed by atoms with van der Waals surface area (Å²) in [6.07, 6.45) is 3.00. The lowest BCUT2D eigenvalue weighted by Crippen LogP contribution is -2.36. The zero-order valence-corrected chi connectivity index (χ0v) is 13.7. The Morgan fingerprint density at radius 2 is 1.95 bits per heavy atom. The second-order valence-electron chi connectivity index (χ2n) is 4.37. The Morgan fingerprint density at radius 1 is 1.20 bits per heavy atom. The molecule has 2 aromatic heterocycles. The first-order chi connectivity index (χ1) is 9.71. The van der Waals surface area contributed by atoms with Crippen molar-refractivity contribution in [1.29, 1.82) is 0 Å². The predicted octanol–water partition coefficient (Wildman–Crippen LogP) is 2.94. The minimum Gasteiger partial charge on any atom is -0.352 e. The van der Waals surface area contributed by atoms with E-state index < -0.39 is 0 Å². The maximum Gasteiger partial charge on any atom is 0.191 e. The van der Waals surface area contributed by atoms with Crippen LogP contribution in [0.15, 0.2) is 23.3 Å². The standard InChI is InChI=1S/C14H20N4S2/c1-4-11-5-6-12(20-11)8-17-14(15-3)18-9-13-16-7-10(2)19-13/h5-7H,4,8-9H2,1-3H3,(H2,15,17,18). The fraction of sp³-hybridized carbons (Fsp3) is 0.429. The molecule has 20 heavy (non-hydrogen) atoms. The minimum absolute atomic E-state index is 0.711. The average Bonchev–Trinajstić information content (AvgIpc) is 3.08. The summed E-state index contributed by atoms with van der Waals surface area (Å²) >= 11 is 3.55. The van der Waals surface area contributed by atoms with Gasteiger partial charge in [0.2, 0.25) is 0 Å². The number of thiophene rings is 1. The van der Waals surface area contributed by atoms with Crippen LogP contribution in [0.5, 0.6) is 0 Å². The van der Waals surface area contributed by atoms with Gasteiger partial charge in [-0.15, -0.1) is 22.7 Å². The number of hydrogen-bond donors (Lipinski definition) is 2. The molecule has 2 heterocycles. The van der Waals surface area contributed by atoms with Crippen molar-refractivity contribution in [3.8, 4) is 0 Å². The highest BCUT2D eigenvalue weighted by Crippen LogP contribution is 2.16. The van der Waals surface area contributed by atoms with Crippen LogP contribution in [-0.2, 0) is 19.5 Å². The van der Waals surface area contributed by atoms with Crippen molar-refractivity contribution in [3.05, 3.63) is 38.0 Å². The molecule has 0 spiro atoms. The van der Waals surface area contributed by atoms with Crippen molar-refractivity contribution in [3.63, 3.8) is 0 Å². The molecule has 0 unspecified atom stereocenters. The van der Waals surface area contributed by atoms with Crippen molar-refractivity contribution in [1.82, 2.24) is 15.6 Å². The molecule has 0 radical (unpaired) electrons. The van der Waals surface area contributed by atoms with Crippen LogP contribution in [0.1, 0.15) is 26.6 Å². The maximum atomic E-state index is 4.33. The molecular weight excluding hydrogens is 288 g/mol. The molecule has 0 saturated heterocycles. The number of nitrogens with one attached hydrogen (secondary N) is 2. The molecule has 2 N–H and O–H groups in total. The molecule has 6 heteroatoms. The van der Waals surface area contributed by atoms with Crippen LogP contribution in [0, 0.1) is 6.92 Å². The van der Waals surface area contributed by atoms with E-state index in [0.717, 1.165) is 23.9 Å². The first-order valence-corrected chi connectivity index (χ1v) is 8.28. The lowest BCUT2D eigenvalue weighted by Gasteiger charge is -2.09. The largest absolute Gasteiger partial charge is 0.352 e. The monoisotopic (exact) mass is 308 g/mol. The molecule has 2 aromatic rings. The second kappa shape index (κ2) is 7.40. The quantitative estimate of drug-likeness (QED) is 0.659. The summed E-state index contributed by atoms with van der Waals surface area (Å²) in [5.74, 6) is 0.810. The van der Waals surface area contributed by atoms with E-state index in [0.29, 0.717) is 6.54 Å². The van der Waals surface area contributed by atoms with Crippen LogP contribution < -0.4 is 10.6 Å². The lowest BCUT2D eigenvalue weighted by atomic mass is 10.4. The second-order valence-corrected chi connectivity index (χ2v) is 6.94.